The van der Waals surface area contributed by atoms with E-state index in [1.807, 2.05) is 11.0 Å². The number of carbonyl (C=O) groups excluding carboxylic acids is 2. The van der Waals surface area contributed by atoms with Crippen LogP contribution < -0.4 is 20.9 Å². The fourth-order valence-electron chi connectivity index (χ4n) is 3.70. The summed E-state index contributed by atoms with van der Waals surface area (Å²) in [6.07, 6.45) is 0. The van der Waals surface area contributed by atoms with E-state index in [0.29, 0.717) is 48.9 Å². The first-order valence-corrected chi connectivity index (χ1v) is 11.5. The molecule has 0 radical (unpaired) electrons. The lowest BCUT2D eigenvalue weighted by Crippen LogP contribution is -2.39. The van der Waals surface area contributed by atoms with Crippen LogP contribution in [0.25, 0.3) is 0 Å². The molecule has 1 heterocycles. The largest absolute Gasteiger partial charge is 0.378 e. The minimum Gasteiger partial charge on any atom is -0.378 e. The van der Waals surface area contributed by atoms with Gasteiger partial charge in [0.1, 0.15) is 0 Å². The minimum absolute atomic E-state index is 0.00553. The summed E-state index contributed by atoms with van der Waals surface area (Å²) in [7, 11) is 0. The summed E-state index contributed by atoms with van der Waals surface area (Å²) in [6.45, 7) is 2.11. The Morgan fingerprint density at radius 2 is 1.58 bits per heavy atom. The average molecular weight is 506 g/mol. The van der Waals surface area contributed by atoms with Crippen LogP contribution in [0.2, 0.25) is 0 Å². The maximum Gasteiger partial charge on any atom is 0.270 e. The van der Waals surface area contributed by atoms with Gasteiger partial charge >= 0.3 is 0 Å². The Labute approximate surface area is 212 Å². The number of benzene rings is 3. The molecule has 10 nitrogen and oxygen atoms in total. The molecular formula is C25H23N5O5S. The molecule has 3 aromatic rings. The topological polar surface area (TPSA) is 126 Å². The van der Waals surface area contributed by atoms with E-state index in [9.17, 15) is 19.7 Å². The maximum atomic E-state index is 13.1. The first-order chi connectivity index (χ1) is 17.4. The van der Waals surface area contributed by atoms with Gasteiger partial charge in [-0.15, -0.1) is 0 Å². The van der Waals surface area contributed by atoms with Crippen molar-refractivity contribution in [1.82, 2.24) is 5.32 Å². The molecule has 1 aliphatic rings. The third-order valence-electron chi connectivity index (χ3n) is 5.43. The number of nitro groups is 1. The molecule has 0 aromatic heterocycles. The van der Waals surface area contributed by atoms with Gasteiger partial charge in [0, 0.05) is 42.2 Å². The molecule has 2 amide bonds. The fraction of sp³-hybridized carbons (Fsp3) is 0.160. The molecule has 0 unspecified atom stereocenters. The molecule has 36 heavy (non-hydrogen) atoms. The molecule has 0 spiro atoms. The van der Waals surface area contributed by atoms with Crippen molar-refractivity contribution >= 4 is 51.9 Å². The lowest BCUT2D eigenvalue weighted by molar-refractivity contribution is -0.384. The summed E-state index contributed by atoms with van der Waals surface area (Å²) in [4.78, 5) is 38.2. The molecule has 0 atom stereocenters. The van der Waals surface area contributed by atoms with Gasteiger partial charge in [0.25, 0.3) is 17.5 Å². The van der Waals surface area contributed by atoms with Gasteiger partial charge in [0.15, 0.2) is 5.11 Å². The zero-order chi connectivity index (χ0) is 25.5. The molecule has 0 bridgehead atoms. The van der Waals surface area contributed by atoms with Gasteiger partial charge in [0.05, 0.1) is 29.4 Å². The Bertz CT molecular complexity index is 1300. The van der Waals surface area contributed by atoms with E-state index in [0.717, 1.165) is 0 Å². The van der Waals surface area contributed by atoms with Crippen LogP contribution in [0.15, 0.2) is 72.8 Å². The van der Waals surface area contributed by atoms with Crippen molar-refractivity contribution in [3.8, 4) is 0 Å². The van der Waals surface area contributed by atoms with Gasteiger partial charge in [0.2, 0.25) is 0 Å². The van der Waals surface area contributed by atoms with Gasteiger partial charge in [-0.2, -0.15) is 0 Å². The molecule has 4 rings (SSSR count). The summed E-state index contributed by atoms with van der Waals surface area (Å²) in [5.41, 5.74) is 2.10. The Balaban J connectivity index is 1.45. The number of hydrogen-bond donors (Lipinski definition) is 3. The number of nitro benzene ring substituents is 1. The monoisotopic (exact) mass is 505 g/mol. The van der Waals surface area contributed by atoms with E-state index in [1.165, 1.54) is 12.1 Å². The number of nitrogens with zero attached hydrogens (tertiary/aromatic N) is 2. The molecule has 3 N–H and O–H groups in total. The van der Waals surface area contributed by atoms with E-state index in [4.69, 9.17) is 17.0 Å². The number of thiocarbonyl (C=S) groups is 1. The zero-order valence-corrected chi connectivity index (χ0v) is 19.9. The quantitative estimate of drug-likeness (QED) is 0.262. The SMILES string of the molecule is O=C(Nc1cccc(NC(=S)NC(=O)c2cc([N+](=O)[O-])ccc2N2CCOCC2)c1)c1ccccc1. The van der Waals surface area contributed by atoms with Crippen LogP contribution in [0.5, 0.6) is 0 Å². The molecule has 11 heteroatoms. The van der Waals surface area contributed by atoms with Crippen molar-refractivity contribution in [2.24, 2.45) is 0 Å². The first-order valence-electron chi connectivity index (χ1n) is 11.1. The van der Waals surface area contributed by atoms with Crippen molar-refractivity contribution in [2.75, 3.05) is 41.8 Å². The van der Waals surface area contributed by atoms with Crippen molar-refractivity contribution < 1.29 is 19.2 Å². The van der Waals surface area contributed by atoms with Crippen molar-refractivity contribution in [3.05, 3.63) is 94.0 Å². The predicted octanol–water partition coefficient (Wildman–Crippen LogP) is 3.81. The zero-order valence-electron chi connectivity index (χ0n) is 19.1. The second-order valence-electron chi connectivity index (χ2n) is 7.87. The maximum absolute atomic E-state index is 13.1. The van der Waals surface area contributed by atoms with Crippen LogP contribution in [0.3, 0.4) is 0 Å². The number of morpholine rings is 1. The smallest absolute Gasteiger partial charge is 0.270 e. The summed E-state index contributed by atoms with van der Waals surface area (Å²) in [5.74, 6) is -0.837. The number of carbonyl (C=O) groups is 2. The number of anilines is 3. The van der Waals surface area contributed by atoms with E-state index in [-0.39, 0.29) is 22.3 Å². The lowest BCUT2D eigenvalue weighted by Gasteiger charge is -2.30. The lowest BCUT2D eigenvalue weighted by atomic mass is 10.1. The van der Waals surface area contributed by atoms with Crippen molar-refractivity contribution in [2.45, 2.75) is 0 Å². The van der Waals surface area contributed by atoms with Gasteiger partial charge in [-0.05, 0) is 48.6 Å². The Hall–Kier alpha value is -4.35. The van der Waals surface area contributed by atoms with Crippen LogP contribution in [-0.2, 0) is 4.74 Å². The fourth-order valence-corrected chi connectivity index (χ4v) is 3.91. The van der Waals surface area contributed by atoms with Crippen LogP contribution in [0, 0.1) is 10.1 Å². The van der Waals surface area contributed by atoms with Gasteiger partial charge in [-0.3, -0.25) is 25.0 Å². The van der Waals surface area contributed by atoms with E-state index < -0.39 is 10.8 Å². The predicted molar refractivity (Wildman–Crippen MR) is 141 cm³/mol. The molecule has 3 aromatic carbocycles. The number of rotatable bonds is 6. The number of hydrogen-bond acceptors (Lipinski definition) is 7. The third-order valence-corrected chi connectivity index (χ3v) is 5.63. The molecule has 1 fully saturated rings. The number of amides is 2. The highest BCUT2D eigenvalue weighted by molar-refractivity contribution is 7.80. The van der Waals surface area contributed by atoms with Gasteiger partial charge in [-0.25, -0.2) is 0 Å². The standard InChI is InChI=1S/C25H23N5O5S/c31-23(17-5-2-1-3-6-17)26-18-7-4-8-19(15-18)27-25(36)28-24(32)21-16-20(30(33)34)9-10-22(21)29-11-13-35-14-12-29/h1-10,15-16H,11-14H2,(H,26,31)(H2,27,28,32,36). The van der Waals surface area contributed by atoms with Crippen molar-refractivity contribution in [3.63, 3.8) is 0 Å². The number of ether oxygens (including phenoxy) is 1. The molecule has 1 aliphatic heterocycles. The molecule has 0 aliphatic carbocycles. The average Bonchev–Trinajstić information content (AvgIpc) is 2.89. The van der Waals surface area contributed by atoms with E-state index in [2.05, 4.69) is 16.0 Å². The Kier molecular flexibility index (Phi) is 7.83. The summed E-state index contributed by atoms with van der Waals surface area (Å²) in [6, 6.07) is 19.8. The minimum atomic E-state index is -0.578. The molecule has 184 valence electrons. The number of non-ortho nitro benzene ring substituents is 1. The van der Waals surface area contributed by atoms with Crippen LogP contribution in [-0.4, -0.2) is 48.2 Å². The van der Waals surface area contributed by atoms with E-state index >= 15 is 0 Å². The van der Waals surface area contributed by atoms with Crippen LogP contribution in [0.1, 0.15) is 20.7 Å². The van der Waals surface area contributed by atoms with E-state index in [1.54, 1.807) is 54.6 Å². The highest BCUT2D eigenvalue weighted by Crippen LogP contribution is 2.26. The van der Waals surface area contributed by atoms with Crippen molar-refractivity contribution in [1.29, 1.82) is 0 Å². The van der Waals surface area contributed by atoms with Crippen LogP contribution >= 0.6 is 12.2 Å². The summed E-state index contributed by atoms with van der Waals surface area (Å²) in [5, 5.41) is 19.6. The van der Waals surface area contributed by atoms with Crippen LogP contribution in [0.4, 0.5) is 22.7 Å². The summed E-state index contributed by atoms with van der Waals surface area (Å²) >= 11 is 5.31. The summed E-state index contributed by atoms with van der Waals surface area (Å²) < 4.78 is 5.37. The highest BCUT2D eigenvalue weighted by Gasteiger charge is 2.22. The number of nitrogens with one attached hydrogen (secondary N) is 3. The highest BCUT2D eigenvalue weighted by atomic mass is 32.1. The molecule has 0 saturated carbocycles. The molecular weight excluding hydrogens is 482 g/mol. The Morgan fingerprint density at radius 1 is 0.889 bits per heavy atom. The third kappa shape index (κ3) is 6.20. The normalized spacial score (nSPS) is 12.9. The molecule has 1 saturated heterocycles. The first kappa shape index (κ1) is 24.8. The Morgan fingerprint density at radius 3 is 2.28 bits per heavy atom. The second-order valence-corrected chi connectivity index (χ2v) is 8.28. The second kappa shape index (κ2) is 11.4. The van der Waals surface area contributed by atoms with Gasteiger partial charge < -0.3 is 20.3 Å². The van der Waals surface area contributed by atoms with Gasteiger partial charge in [-0.1, -0.05) is 24.3 Å².